The van der Waals surface area contributed by atoms with E-state index in [1.54, 1.807) is 6.07 Å². The summed E-state index contributed by atoms with van der Waals surface area (Å²) in [6.07, 6.45) is 2.34. The number of nitrogens with one attached hydrogen (secondary N) is 2. The fourth-order valence-electron chi connectivity index (χ4n) is 1.90. The number of hydrogen-bond acceptors (Lipinski definition) is 3. The van der Waals surface area contributed by atoms with Crippen LogP contribution in [0.5, 0.6) is 5.75 Å². The number of amides is 1. The number of benzene rings is 1. The van der Waals surface area contributed by atoms with Gasteiger partial charge in [-0.2, -0.15) is 0 Å². The minimum Gasteiger partial charge on any atom is -0.480 e. The second-order valence-electron chi connectivity index (χ2n) is 5.39. The smallest absolute Gasteiger partial charge is 0.258 e. The molecule has 5 heteroatoms. The van der Waals surface area contributed by atoms with Gasteiger partial charge in [-0.3, -0.25) is 4.79 Å². The average Bonchev–Trinajstić information content (AvgIpc) is 3.18. The first-order valence-corrected chi connectivity index (χ1v) is 6.99. The van der Waals surface area contributed by atoms with Crippen LogP contribution in [0.15, 0.2) is 18.2 Å². The van der Waals surface area contributed by atoms with E-state index < -0.39 is 5.82 Å². The third-order valence-electron chi connectivity index (χ3n) is 3.00. The minimum atomic E-state index is -0.433. The van der Waals surface area contributed by atoms with Crippen LogP contribution in [0.4, 0.5) is 4.39 Å². The molecule has 0 atom stereocenters. The molecule has 2 rings (SSSR count). The predicted molar refractivity (Wildman–Crippen MR) is 75.0 cm³/mol. The van der Waals surface area contributed by atoms with E-state index in [-0.39, 0.29) is 24.3 Å². The monoisotopic (exact) mass is 280 g/mol. The molecule has 0 saturated heterocycles. The summed E-state index contributed by atoms with van der Waals surface area (Å²) in [4.78, 5) is 11.6. The Kier molecular flexibility index (Phi) is 4.95. The fourth-order valence-corrected chi connectivity index (χ4v) is 1.90. The van der Waals surface area contributed by atoms with E-state index in [9.17, 15) is 9.18 Å². The van der Waals surface area contributed by atoms with Gasteiger partial charge in [-0.05, 0) is 32.8 Å². The highest BCUT2D eigenvalue weighted by Gasteiger charge is 2.21. The highest BCUT2D eigenvalue weighted by atomic mass is 19.1. The summed E-state index contributed by atoms with van der Waals surface area (Å²) in [5.74, 6) is -0.513. The topological polar surface area (TPSA) is 50.4 Å². The lowest BCUT2D eigenvalue weighted by Gasteiger charge is -2.14. The van der Waals surface area contributed by atoms with Gasteiger partial charge in [-0.25, -0.2) is 4.39 Å². The van der Waals surface area contributed by atoms with E-state index >= 15 is 0 Å². The first-order chi connectivity index (χ1) is 9.56. The highest BCUT2D eigenvalue weighted by Crippen LogP contribution is 2.25. The molecule has 0 aliphatic heterocycles. The molecule has 0 spiro atoms. The van der Waals surface area contributed by atoms with Gasteiger partial charge in [0.15, 0.2) is 18.2 Å². The Balaban J connectivity index is 1.95. The molecule has 1 aliphatic carbocycles. The Labute approximate surface area is 118 Å². The van der Waals surface area contributed by atoms with Gasteiger partial charge in [0.05, 0.1) is 0 Å². The Morgan fingerprint density at radius 3 is 2.85 bits per heavy atom. The van der Waals surface area contributed by atoms with E-state index in [2.05, 4.69) is 10.6 Å². The van der Waals surface area contributed by atoms with Gasteiger partial charge in [0.2, 0.25) is 0 Å². The van der Waals surface area contributed by atoms with Crippen LogP contribution in [0.25, 0.3) is 0 Å². The molecule has 110 valence electrons. The Morgan fingerprint density at radius 1 is 1.45 bits per heavy atom. The largest absolute Gasteiger partial charge is 0.480 e. The molecule has 2 N–H and O–H groups in total. The zero-order chi connectivity index (χ0) is 14.5. The molecule has 1 aromatic rings. The lowest BCUT2D eigenvalue weighted by atomic mass is 10.2. The quantitative estimate of drug-likeness (QED) is 0.803. The fraction of sp³-hybridized carbons (Fsp3) is 0.533. The minimum absolute atomic E-state index is 0.0442. The standard InChI is InChI=1S/C15H21FN2O2/c1-10(2)18-14(19)9-20-15-11(4-3-5-13(15)16)8-17-12-6-7-12/h3-5,10,12,17H,6-9H2,1-2H3,(H,18,19). The summed E-state index contributed by atoms with van der Waals surface area (Å²) < 4.78 is 19.2. The van der Waals surface area contributed by atoms with Crippen LogP contribution < -0.4 is 15.4 Å². The summed E-state index contributed by atoms with van der Waals surface area (Å²) in [5.41, 5.74) is 0.745. The maximum absolute atomic E-state index is 13.8. The molecule has 1 amide bonds. The Hall–Kier alpha value is -1.62. The molecule has 0 radical (unpaired) electrons. The summed E-state index contributed by atoms with van der Waals surface area (Å²) in [6.45, 7) is 4.12. The first-order valence-electron chi connectivity index (χ1n) is 6.99. The van der Waals surface area contributed by atoms with Crippen molar-refractivity contribution in [1.29, 1.82) is 0 Å². The summed E-state index contributed by atoms with van der Waals surface area (Å²) in [7, 11) is 0. The van der Waals surface area contributed by atoms with Crippen LogP contribution in [0, 0.1) is 5.82 Å². The number of rotatable bonds is 7. The molecule has 1 saturated carbocycles. The maximum Gasteiger partial charge on any atom is 0.258 e. The molecule has 0 heterocycles. The maximum atomic E-state index is 13.8. The second kappa shape index (κ2) is 6.70. The lowest BCUT2D eigenvalue weighted by molar-refractivity contribution is -0.123. The second-order valence-corrected chi connectivity index (χ2v) is 5.39. The molecule has 0 aromatic heterocycles. The molecule has 1 aromatic carbocycles. The van der Waals surface area contributed by atoms with Crippen molar-refractivity contribution in [1.82, 2.24) is 10.6 Å². The van der Waals surface area contributed by atoms with Gasteiger partial charge >= 0.3 is 0 Å². The number of carbonyl (C=O) groups excluding carboxylic acids is 1. The van der Waals surface area contributed by atoms with Crippen LogP contribution in [0.2, 0.25) is 0 Å². The first kappa shape index (κ1) is 14.8. The highest BCUT2D eigenvalue weighted by molar-refractivity contribution is 5.77. The SMILES string of the molecule is CC(C)NC(=O)COc1c(F)cccc1CNC1CC1. The van der Waals surface area contributed by atoms with E-state index in [0.717, 1.165) is 5.56 Å². The van der Waals surface area contributed by atoms with Gasteiger partial charge in [0.25, 0.3) is 5.91 Å². The van der Waals surface area contributed by atoms with Crippen molar-refractivity contribution < 1.29 is 13.9 Å². The molecule has 20 heavy (non-hydrogen) atoms. The molecular weight excluding hydrogens is 259 g/mol. The molecular formula is C15H21FN2O2. The van der Waals surface area contributed by atoms with Crippen molar-refractivity contribution in [3.8, 4) is 5.75 Å². The van der Waals surface area contributed by atoms with Crippen molar-refractivity contribution in [2.75, 3.05) is 6.61 Å². The third-order valence-corrected chi connectivity index (χ3v) is 3.00. The number of hydrogen-bond donors (Lipinski definition) is 2. The molecule has 1 fully saturated rings. The van der Waals surface area contributed by atoms with E-state index in [4.69, 9.17) is 4.74 Å². The van der Waals surface area contributed by atoms with Crippen molar-refractivity contribution in [3.63, 3.8) is 0 Å². The van der Waals surface area contributed by atoms with Gasteiger partial charge in [-0.15, -0.1) is 0 Å². The normalized spacial score (nSPS) is 14.4. The number of carbonyl (C=O) groups is 1. The number of ether oxygens (including phenoxy) is 1. The van der Waals surface area contributed by atoms with E-state index in [1.165, 1.54) is 18.9 Å². The number of para-hydroxylation sites is 1. The molecule has 0 bridgehead atoms. The summed E-state index contributed by atoms with van der Waals surface area (Å²) >= 11 is 0. The van der Waals surface area contributed by atoms with Crippen molar-refractivity contribution in [3.05, 3.63) is 29.6 Å². The van der Waals surface area contributed by atoms with Crippen LogP contribution in [-0.2, 0) is 11.3 Å². The van der Waals surface area contributed by atoms with Gasteiger partial charge in [-0.1, -0.05) is 12.1 Å². The number of halogens is 1. The summed E-state index contributed by atoms with van der Waals surface area (Å²) in [6, 6.07) is 5.39. The zero-order valence-corrected chi connectivity index (χ0v) is 11.9. The van der Waals surface area contributed by atoms with Crippen molar-refractivity contribution >= 4 is 5.91 Å². The van der Waals surface area contributed by atoms with Gasteiger partial charge in [0.1, 0.15) is 0 Å². The Morgan fingerprint density at radius 2 is 2.20 bits per heavy atom. The van der Waals surface area contributed by atoms with Crippen molar-refractivity contribution in [2.45, 2.75) is 45.3 Å². The van der Waals surface area contributed by atoms with Crippen LogP contribution in [-0.4, -0.2) is 24.6 Å². The van der Waals surface area contributed by atoms with Crippen molar-refractivity contribution in [2.24, 2.45) is 0 Å². The van der Waals surface area contributed by atoms with Crippen LogP contribution in [0.3, 0.4) is 0 Å². The molecule has 1 aliphatic rings. The van der Waals surface area contributed by atoms with Gasteiger partial charge in [0, 0.05) is 24.2 Å². The van der Waals surface area contributed by atoms with Gasteiger partial charge < -0.3 is 15.4 Å². The van der Waals surface area contributed by atoms with E-state index in [1.807, 2.05) is 19.9 Å². The van der Waals surface area contributed by atoms with Crippen LogP contribution >= 0.6 is 0 Å². The predicted octanol–water partition coefficient (Wildman–Crippen LogP) is 1.98. The summed E-state index contributed by atoms with van der Waals surface area (Å²) in [5, 5.41) is 6.02. The van der Waals surface area contributed by atoms with E-state index in [0.29, 0.717) is 12.6 Å². The molecule has 4 nitrogen and oxygen atoms in total. The van der Waals surface area contributed by atoms with Crippen LogP contribution in [0.1, 0.15) is 32.3 Å². The third kappa shape index (κ3) is 4.49. The Bertz CT molecular complexity index is 473. The zero-order valence-electron chi connectivity index (χ0n) is 11.9. The molecule has 0 unspecified atom stereocenters. The lowest BCUT2D eigenvalue weighted by Crippen LogP contribution is -2.34. The average molecular weight is 280 g/mol.